The van der Waals surface area contributed by atoms with E-state index in [4.69, 9.17) is 16.3 Å². The van der Waals surface area contributed by atoms with Gasteiger partial charge in [-0.25, -0.2) is 4.79 Å². The highest BCUT2D eigenvalue weighted by molar-refractivity contribution is 6.33. The van der Waals surface area contributed by atoms with Crippen LogP contribution in [-0.2, 0) is 4.74 Å². The van der Waals surface area contributed by atoms with Crippen molar-refractivity contribution in [2.45, 2.75) is 45.6 Å². The van der Waals surface area contributed by atoms with Crippen molar-refractivity contribution < 1.29 is 9.53 Å². The minimum absolute atomic E-state index is 0.103. The van der Waals surface area contributed by atoms with E-state index in [1.54, 1.807) is 37.4 Å². The van der Waals surface area contributed by atoms with Gasteiger partial charge in [-0.15, -0.1) is 0 Å². The second-order valence-corrected chi connectivity index (χ2v) is 8.34. The minimum Gasteiger partial charge on any atom is -0.462 e. The van der Waals surface area contributed by atoms with E-state index in [1.165, 1.54) is 11.3 Å². The van der Waals surface area contributed by atoms with Gasteiger partial charge in [-0.05, 0) is 75.1 Å². The molecule has 2 aromatic carbocycles. The second-order valence-electron chi connectivity index (χ2n) is 7.93. The summed E-state index contributed by atoms with van der Waals surface area (Å²) in [7, 11) is 2.12. The molecule has 0 fully saturated rings. The van der Waals surface area contributed by atoms with Gasteiger partial charge in [0.2, 0.25) is 0 Å². The van der Waals surface area contributed by atoms with E-state index >= 15 is 0 Å². The van der Waals surface area contributed by atoms with E-state index in [1.807, 2.05) is 6.07 Å². The van der Waals surface area contributed by atoms with Crippen LogP contribution in [0.25, 0.3) is 0 Å². The molecular formula is C23H27ClN2O2. The maximum atomic E-state index is 11.7. The Labute approximate surface area is 172 Å². The van der Waals surface area contributed by atoms with Crippen LogP contribution in [0, 0.1) is 0 Å². The SMILES string of the molecule is CCOC(=O)c1ccc(N=Cc2cc3c(cc2Cl)N(C)C(C)(C)CC3C)cc1. The number of carbonyl (C=O) groups is 1. The molecule has 0 spiro atoms. The van der Waals surface area contributed by atoms with Crippen molar-refractivity contribution in [3.63, 3.8) is 0 Å². The summed E-state index contributed by atoms with van der Waals surface area (Å²) in [5.41, 5.74) is 4.76. The summed E-state index contributed by atoms with van der Waals surface area (Å²) in [4.78, 5) is 18.6. The van der Waals surface area contributed by atoms with Gasteiger partial charge in [0.1, 0.15) is 0 Å². The lowest BCUT2D eigenvalue weighted by molar-refractivity contribution is 0.0526. The Kier molecular flexibility index (Phi) is 5.80. The molecule has 1 atom stereocenters. The van der Waals surface area contributed by atoms with Crippen LogP contribution in [0.4, 0.5) is 11.4 Å². The summed E-state index contributed by atoms with van der Waals surface area (Å²) in [6.07, 6.45) is 2.87. The van der Waals surface area contributed by atoms with Crippen molar-refractivity contribution in [3.05, 3.63) is 58.1 Å². The standard InChI is InChI=1S/C23H27ClN2O2/c1-6-28-22(27)16-7-9-18(10-8-16)25-14-17-11-19-15(2)13-23(3,4)26(5)21(19)12-20(17)24/h7-12,14-15H,6,13H2,1-5H3. The van der Waals surface area contributed by atoms with Gasteiger partial charge < -0.3 is 9.64 Å². The molecule has 1 unspecified atom stereocenters. The van der Waals surface area contributed by atoms with Crippen LogP contribution >= 0.6 is 11.6 Å². The van der Waals surface area contributed by atoms with Crippen molar-refractivity contribution >= 4 is 35.2 Å². The molecule has 0 aromatic heterocycles. The average Bonchev–Trinajstić information content (AvgIpc) is 2.65. The molecule has 0 amide bonds. The molecule has 0 N–H and O–H groups in total. The Morgan fingerprint density at radius 2 is 2.00 bits per heavy atom. The zero-order valence-electron chi connectivity index (χ0n) is 17.1. The van der Waals surface area contributed by atoms with Crippen LogP contribution in [-0.4, -0.2) is 31.4 Å². The molecule has 28 heavy (non-hydrogen) atoms. The number of aliphatic imine (C=N–C) groups is 1. The van der Waals surface area contributed by atoms with E-state index in [0.717, 1.165) is 17.7 Å². The quantitative estimate of drug-likeness (QED) is 0.469. The molecule has 0 saturated heterocycles. The fourth-order valence-corrected chi connectivity index (χ4v) is 3.95. The van der Waals surface area contributed by atoms with Crippen LogP contribution < -0.4 is 4.90 Å². The first-order valence-corrected chi connectivity index (χ1v) is 9.99. The Morgan fingerprint density at radius 1 is 1.32 bits per heavy atom. The number of nitrogens with zero attached hydrogens (tertiary/aromatic N) is 2. The van der Waals surface area contributed by atoms with Crippen molar-refractivity contribution in [1.29, 1.82) is 0 Å². The van der Waals surface area contributed by atoms with Gasteiger partial charge in [-0.3, -0.25) is 4.99 Å². The van der Waals surface area contributed by atoms with Gasteiger partial charge in [0.15, 0.2) is 0 Å². The number of esters is 1. The maximum absolute atomic E-state index is 11.7. The molecule has 0 bridgehead atoms. The predicted octanol–water partition coefficient (Wildman–Crippen LogP) is 5.99. The molecule has 2 aromatic rings. The first-order valence-electron chi connectivity index (χ1n) is 9.61. The van der Waals surface area contributed by atoms with Crippen molar-refractivity contribution in [2.75, 3.05) is 18.6 Å². The summed E-state index contributed by atoms with van der Waals surface area (Å²) < 4.78 is 5.00. The third kappa shape index (κ3) is 4.07. The molecule has 0 aliphatic carbocycles. The predicted molar refractivity (Wildman–Crippen MR) is 117 cm³/mol. The van der Waals surface area contributed by atoms with Crippen molar-refractivity contribution in [2.24, 2.45) is 4.99 Å². The lowest BCUT2D eigenvalue weighted by Gasteiger charge is -2.45. The third-order valence-electron chi connectivity index (χ3n) is 5.48. The highest BCUT2D eigenvalue weighted by atomic mass is 35.5. The first kappa shape index (κ1) is 20.4. The summed E-state index contributed by atoms with van der Waals surface area (Å²) in [5.74, 6) is 0.131. The lowest BCUT2D eigenvalue weighted by atomic mass is 9.80. The van der Waals surface area contributed by atoms with Crippen molar-refractivity contribution in [1.82, 2.24) is 0 Å². The van der Waals surface area contributed by atoms with E-state index < -0.39 is 0 Å². The average molecular weight is 399 g/mol. The van der Waals surface area contributed by atoms with Crippen LogP contribution in [0.1, 0.15) is 61.5 Å². The highest BCUT2D eigenvalue weighted by Gasteiger charge is 2.34. The number of carbonyl (C=O) groups excluding carboxylic acids is 1. The molecule has 0 saturated carbocycles. The smallest absolute Gasteiger partial charge is 0.338 e. The van der Waals surface area contributed by atoms with E-state index in [-0.39, 0.29) is 11.5 Å². The van der Waals surface area contributed by atoms with Gasteiger partial charge in [0.25, 0.3) is 0 Å². The number of hydrogen-bond donors (Lipinski definition) is 0. The van der Waals surface area contributed by atoms with Crippen LogP contribution in [0.2, 0.25) is 5.02 Å². The van der Waals surface area contributed by atoms with Crippen molar-refractivity contribution in [3.8, 4) is 0 Å². The zero-order chi connectivity index (χ0) is 20.5. The Balaban J connectivity index is 1.85. The van der Waals surface area contributed by atoms with Gasteiger partial charge in [0, 0.05) is 30.1 Å². The first-order chi connectivity index (χ1) is 13.2. The summed E-state index contributed by atoms with van der Waals surface area (Å²) >= 11 is 6.56. The monoisotopic (exact) mass is 398 g/mol. The van der Waals surface area contributed by atoms with Gasteiger partial charge in [-0.1, -0.05) is 18.5 Å². The minimum atomic E-state index is -0.322. The number of ether oxygens (including phenoxy) is 1. The number of rotatable bonds is 4. The molecular weight excluding hydrogens is 372 g/mol. The van der Waals surface area contributed by atoms with Crippen LogP contribution in [0.15, 0.2) is 41.4 Å². The fourth-order valence-electron chi connectivity index (χ4n) is 3.75. The molecule has 1 aliphatic rings. The van der Waals surface area contributed by atoms with Gasteiger partial charge in [0.05, 0.1) is 22.9 Å². The summed E-state index contributed by atoms with van der Waals surface area (Å²) in [6, 6.07) is 11.2. The maximum Gasteiger partial charge on any atom is 0.338 e. The molecule has 3 rings (SSSR count). The largest absolute Gasteiger partial charge is 0.462 e. The normalized spacial score (nSPS) is 18.2. The van der Waals surface area contributed by atoms with Gasteiger partial charge >= 0.3 is 5.97 Å². The second kappa shape index (κ2) is 7.96. The fraction of sp³-hybridized carbons (Fsp3) is 0.391. The Hall–Kier alpha value is -2.33. The molecule has 5 heteroatoms. The van der Waals surface area contributed by atoms with Gasteiger partial charge in [-0.2, -0.15) is 0 Å². The Bertz CT molecular complexity index is 904. The summed E-state index contributed by atoms with van der Waals surface area (Å²) in [5, 5.41) is 0.683. The number of benzene rings is 2. The van der Waals surface area contributed by atoms with E-state index in [2.05, 4.69) is 43.8 Å². The number of hydrogen-bond acceptors (Lipinski definition) is 4. The van der Waals surface area contributed by atoms with E-state index in [9.17, 15) is 4.79 Å². The number of halogens is 1. The van der Waals surface area contributed by atoms with Crippen LogP contribution in [0.3, 0.4) is 0 Å². The lowest BCUT2D eigenvalue weighted by Crippen LogP contribution is -2.45. The number of fused-ring (bicyclic) bond motifs is 1. The topological polar surface area (TPSA) is 41.9 Å². The highest BCUT2D eigenvalue weighted by Crippen LogP contribution is 2.44. The molecule has 0 radical (unpaired) electrons. The van der Waals surface area contributed by atoms with E-state index in [0.29, 0.717) is 23.1 Å². The molecule has 148 valence electrons. The third-order valence-corrected chi connectivity index (χ3v) is 5.81. The van der Waals surface area contributed by atoms with Crippen LogP contribution in [0.5, 0.6) is 0 Å². The molecule has 1 aliphatic heterocycles. The summed E-state index contributed by atoms with van der Waals surface area (Å²) in [6.45, 7) is 8.93. The Morgan fingerprint density at radius 3 is 2.64 bits per heavy atom. The zero-order valence-corrected chi connectivity index (χ0v) is 17.9. The number of anilines is 1. The molecule has 4 nitrogen and oxygen atoms in total. The molecule has 1 heterocycles.